The third-order valence-corrected chi connectivity index (χ3v) is 9.82. The Kier molecular flexibility index (Phi) is 8.40. The number of nitrogens with zero attached hydrogens (tertiary/aromatic N) is 3. The molecule has 1 aromatic heterocycles. The Morgan fingerprint density at radius 1 is 0.894 bits per heavy atom. The van der Waals surface area contributed by atoms with Crippen LogP contribution in [0.15, 0.2) is 79.0 Å². The molecule has 47 heavy (non-hydrogen) atoms. The molecule has 0 radical (unpaired) electrons. The minimum atomic E-state index is -0.195. The maximum atomic E-state index is 11.2. The van der Waals surface area contributed by atoms with Crippen molar-refractivity contribution in [3.05, 3.63) is 107 Å². The number of rotatable bonds is 13. The highest BCUT2D eigenvalue weighted by molar-refractivity contribution is 5.91. The third kappa shape index (κ3) is 6.58. The third-order valence-electron chi connectivity index (χ3n) is 9.82. The van der Waals surface area contributed by atoms with Gasteiger partial charge in [0.15, 0.2) is 12.6 Å². The van der Waals surface area contributed by atoms with Gasteiger partial charge in [-0.1, -0.05) is 38.1 Å². The van der Waals surface area contributed by atoms with Crippen molar-refractivity contribution in [2.24, 2.45) is 11.3 Å². The number of hydrogen-bond donors (Lipinski definition) is 1. The van der Waals surface area contributed by atoms with Crippen molar-refractivity contribution in [1.29, 1.82) is 0 Å². The molecule has 9 nitrogen and oxygen atoms in total. The molecule has 1 spiro atoms. The Morgan fingerprint density at radius 3 is 2.17 bits per heavy atom. The van der Waals surface area contributed by atoms with E-state index in [4.69, 9.17) is 19.2 Å². The molecule has 2 saturated heterocycles. The molecule has 2 aliphatic heterocycles. The van der Waals surface area contributed by atoms with E-state index < -0.39 is 0 Å². The molecule has 0 bridgehead atoms. The maximum absolute atomic E-state index is 11.2. The molecular formula is C38H40N4O5. The first kappa shape index (κ1) is 30.9. The zero-order valence-electron chi connectivity index (χ0n) is 26.9. The first-order chi connectivity index (χ1) is 22.8. The summed E-state index contributed by atoms with van der Waals surface area (Å²) >= 11 is 0. The van der Waals surface area contributed by atoms with E-state index in [1.165, 1.54) is 11.1 Å². The minimum Gasteiger partial charge on any atom is -0.493 e. The lowest BCUT2D eigenvalue weighted by atomic mass is 9.78. The predicted octanol–water partition coefficient (Wildman–Crippen LogP) is 6.11. The van der Waals surface area contributed by atoms with Crippen molar-refractivity contribution < 1.29 is 23.8 Å². The van der Waals surface area contributed by atoms with Crippen LogP contribution in [0.2, 0.25) is 0 Å². The van der Waals surface area contributed by atoms with E-state index in [0.717, 1.165) is 74.3 Å². The number of benzene rings is 3. The van der Waals surface area contributed by atoms with Crippen molar-refractivity contribution in [3.8, 4) is 11.5 Å². The number of carbonyl (C=O) groups excluding carboxylic acids is 2. The van der Waals surface area contributed by atoms with Crippen LogP contribution < -0.4 is 19.7 Å². The number of ether oxygens (including phenoxy) is 3. The van der Waals surface area contributed by atoms with Crippen LogP contribution in [0.25, 0.3) is 0 Å². The molecule has 3 fully saturated rings. The summed E-state index contributed by atoms with van der Waals surface area (Å²) in [6.07, 6.45) is 5.21. The van der Waals surface area contributed by atoms with Gasteiger partial charge in [0.05, 0.1) is 30.9 Å². The number of carbonyl (C=O) groups is 2. The van der Waals surface area contributed by atoms with Gasteiger partial charge in [0, 0.05) is 47.6 Å². The summed E-state index contributed by atoms with van der Waals surface area (Å²) in [6.45, 7) is 9.10. The molecule has 0 atom stereocenters. The van der Waals surface area contributed by atoms with Gasteiger partial charge in [0.25, 0.3) is 0 Å². The molecular weight excluding hydrogens is 592 g/mol. The summed E-state index contributed by atoms with van der Waals surface area (Å²) in [5.41, 5.74) is 5.06. The Morgan fingerprint density at radius 2 is 1.55 bits per heavy atom. The Labute approximate surface area is 275 Å². The molecule has 9 heteroatoms. The molecule has 3 aromatic carbocycles. The average molecular weight is 633 g/mol. The molecule has 3 aliphatic rings. The average Bonchev–Trinajstić information content (AvgIpc) is 3.04. The summed E-state index contributed by atoms with van der Waals surface area (Å²) in [5.74, 6) is 2.90. The van der Waals surface area contributed by atoms with E-state index in [1.54, 1.807) is 18.3 Å². The fraction of sp³-hybridized carbons (Fsp3) is 0.368. The van der Waals surface area contributed by atoms with Crippen molar-refractivity contribution in [2.45, 2.75) is 44.8 Å². The highest BCUT2D eigenvalue weighted by Gasteiger charge is 2.49. The zero-order chi connectivity index (χ0) is 32.4. The largest absolute Gasteiger partial charge is 0.493 e. The zero-order valence-corrected chi connectivity index (χ0v) is 26.9. The van der Waals surface area contributed by atoms with Gasteiger partial charge in [-0.05, 0) is 78.4 Å². The van der Waals surface area contributed by atoms with E-state index in [0.29, 0.717) is 48.0 Å². The molecule has 4 aromatic rings. The van der Waals surface area contributed by atoms with E-state index in [1.807, 2.05) is 24.3 Å². The second kappa shape index (κ2) is 12.8. The fourth-order valence-electron chi connectivity index (χ4n) is 6.67. The number of aldehydes is 2. The molecule has 3 heterocycles. The summed E-state index contributed by atoms with van der Waals surface area (Å²) in [4.78, 5) is 33.7. The van der Waals surface area contributed by atoms with Gasteiger partial charge in [-0.25, -0.2) is 9.97 Å². The first-order valence-electron chi connectivity index (χ1n) is 16.2. The lowest BCUT2D eigenvalue weighted by Crippen LogP contribution is -2.66. The highest BCUT2D eigenvalue weighted by Crippen LogP contribution is 2.39. The molecule has 7 rings (SSSR count). The molecule has 242 valence electrons. The van der Waals surface area contributed by atoms with Crippen LogP contribution in [0, 0.1) is 11.3 Å². The second-order valence-corrected chi connectivity index (χ2v) is 13.7. The lowest BCUT2D eigenvalue weighted by molar-refractivity contribution is -0.127. The summed E-state index contributed by atoms with van der Waals surface area (Å²) in [5, 5.41) is 3.46. The van der Waals surface area contributed by atoms with Crippen molar-refractivity contribution >= 4 is 24.2 Å². The van der Waals surface area contributed by atoms with Gasteiger partial charge >= 0.3 is 0 Å². The number of aromatic nitrogens is 2. The first-order valence-corrected chi connectivity index (χ1v) is 16.2. The van der Waals surface area contributed by atoms with Crippen LogP contribution >= 0.6 is 0 Å². The van der Waals surface area contributed by atoms with Crippen LogP contribution in [0.4, 0.5) is 11.6 Å². The van der Waals surface area contributed by atoms with Crippen molar-refractivity contribution in [1.82, 2.24) is 9.97 Å². The van der Waals surface area contributed by atoms with Gasteiger partial charge in [0.2, 0.25) is 5.95 Å². The Hall–Kier alpha value is -4.76. The maximum Gasteiger partial charge on any atom is 0.225 e. The number of anilines is 2. The van der Waals surface area contributed by atoms with Gasteiger partial charge in [-0.2, -0.15) is 0 Å². The molecule has 0 amide bonds. The molecule has 1 aliphatic carbocycles. The van der Waals surface area contributed by atoms with E-state index in [9.17, 15) is 9.59 Å². The van der Waals surface area contributed by atoms with Crippen LogP contribution in [0.5, 0.6) is 11.5 Å². The number of hydrogen-bond acceptors (Lipinski definition) is 9. The smallest absolute Gasteiger partial charge is 0.225 e. The summed E-state index contributed by atoms with van der Waals surface area (Å²) in [7, 11) is 0. The quantitative estimate of drug-likeness (QED) is 0.175. The van der Waals surface area contributed by atoms with Gasteiger partial charge in [0.1, 0.15) is 18.1 Å². The monoisotopic (exact) mass is 632 g/mol. The Balaban J connectivity index is 0.868. The van der Waals surface area contributed by atoms with E-state index in [2.05, 4.69) is 65.4 Å². The molecule has 0 unspecified atom stereocenters. The normalized spacial score (nSPS) is 19.6. The van der Waals surface area contributed by atoms with Crippen molar-refractivity contribution in [3.63, 3.8) is 0 Å². The van der Waals surface area contributed by atoms with Crippen molar-refractivity contribution in [2.75, 3.05) is 43.1 Å². The fourth-order valence-corrected chi connectivity index (χ4v) is 6.67. The Bertz CT molecular complexity index is 1720. The number of nitrogens with one attached hydrogen (secondary N) is 1. The minimum absolute atomic E-state index is 0.195. The topological polar surface area (TPSA) is 103 Å². The van der Waals surface area contributed by atoms with E-state index in [-0.39, 0.29) is 5.41 Å². The van der Waals surface area contributed by atoms with Crippen LogP contribution in [-0.2, 0) is 16.8 Å². The van der Waals surface area contributed by atoms with Crippen LogP contribution in [-0.4, -0.2) is 61.5 Å². The summed E-state index contributed by atoms with van der Waals surface area (Å²) in [6, 6.07) is 24.2. The SMILES string of the molecule is CC(C)(c1ccc(OCc2ccnc(N3CC4(COC4)C3)n2)cc1)c1ccc(OCC2CC(Nc3ccc(C=O)c(C=O)c3)C2)cc1. The standard InChI is InChI=1S/C38H40N4O5/c1-37(2,30-6-11-35(12-7-30)47-21-32-13-14-39-36(41-32)42-22-38(23-42)24-45-25-38)29-4-9-34(10-5-29)46-20-26-15-33(16-26)40-31-8-3-27(18-43)28(17-31)19-44/h3-14,17-19,26,33,40H,15-16,20-25H2,1-2H3. The van der Waals surface area contributed by atoms with Crippen LogP contribution in [0.3, 0.4) is 0 Å². The predicted molar refractivity (Wildman–Crippen MR) is 180 cm³/mol. The second-order valence-electron chi connectivity index (χ2n) is 13.7. The molecule has 1 saturated carbocycles. The van der Waals surface area contributed by atoms with Crippen LogP contribution in [0.1, 0.15) is 64.2 Å². The van der Waals surface area contributed by atoms with Gasteiger partial charge in [-0.3, -0.25) is 9.59 Å². The lowest BCUT2D eigenvalue weighted by Gasteiger charge is -2.54. The highest BCUT2D eigenvalue weighted by atomic mass is 16.5. The molecule has 1 N–H and O–H groups in total. The van der Waals surface area contributed by atoms with Gasteiger partial charge < -0.3 is 24.4 Å². The van der Waals surface area contributed by atoms with E-state index >= 15 is 0 Å². The summed E-state index contributed by atoms with van der Waals surface area (Å²) < 4.78 is 17.6. The van der Waals surface area contributed by atoms with Gasteiger partial charge in [-0.15, -0.1) is 0 Å².